The fourth-order valence-electron chi connectivity index (χ4n) is 2.30. The molecule has 0 aromatic carbocycles. The van der Waals surface area contributed by atoms with Crippen molar-refractivity contribution in [3.63, 3.8) is 0 Å². The summed E-state index contributed by atoms with van der Waals surface area (Å²) in [6.07, 6.45) is 0.229. The molecule has 2 fully saturated rings. The molecule has 17 heavy (non-hydrogen) atoms. The van der Waals surface area contributed by atoms with E-state index < -0.39 is 29.7 Å². The highest BCUT2D eigenvalue weighted by atomic mass is 16.7. The first-order chi connectivity index (χ1) is 8.03. The third kappa shape index (κ3) is 1.71. The molecular formula is C11H16O6. The fraction of sp³-hybridized carbons (Fsp3) is 0.818. The Balaban J connectivity index is 2.21. The van der Waals surface area contributed by atoms with Crippen molar-refractivity contribution in [2.24, 2.45) is 5.92 Å². The molecule has 96 valence electrons. The molecule has 2 unspecified atom stereocenters. The van der Waals surface area contributed by atoms with Crippen LogP contribution in [-0.2, 0) is 23.8 Å². The van der Waals surface area contributed by atoms with Crippen LogP contribution in [0.2, 0.25) is 0 Å². The van der Waals surface area contributed by atoms with Crippen LogP contribution in [0, 0.1) is 5.92 Å². The van der Waals surface area contributed by atoms with E-state index in [2.05, 4.69) is 0 Å². The van der Waals surface area contributed by atoms with Crippen LogP contribution in [0.5, 0.6) is 0 Å². The monoisotopic (exact) mass is 244 g/mol. The SMILES string of the molecule is CCOC(=O)[C@@]1(O)C(=O)OC2O[C@H](CC)CC21. The molecule has 2 aliphatic heterocycles. The minimum Gasteiger partial charge on any atom is -0.463 e. The predicted molar refractivity (Wildman–Crippen MR) is 54.7 cm³/mol. The van der Waals surface area contributed by atoms with Crippen molar-refractivity contribution < 1.29 is 28.9 Å². The maximum atomic E-state index is 11.7. The smallest absolute Gasteiger partial charge is 0.352 e. The predicted octanol–water partition coefficient (Wildman–Crippen LogP) is -0.0214. The second-order valence-corrected chi connectivity index (χ2v) is 4.27. The molecule has 0 saturated carbocycles. The van der Waals surface area contributed by atoms with Gasteiger partial charge in [0, 0.05) is 0 Å². The van der Waals surface area contributed by atoms with Crippen molar-refractivity contribution in [2.45, 2.75) is 44.7 Å². The van der Waals surface area contributed by atoms with Crippen LogP contribution in [0.1, 0.15) is 26.7 Å². The summed E-state index contributed by atoms with van der Waals surface area (Å²) >= 11 is 0. The third-order valence-corrected chi connectivity index (χ3v) is 3.28. The molecule has 2 heterocycles. The Kier molecular flexibility index (Phi) is 3.09. The minimum atomic E-state index is -2.20. The van der Waals surface area contributed by atoms with E-state index in [1.807, 2.05) is 6.92 Å². The van der Waals surface area contributed by atoms with Crippen molar-refractivity contribution in [3.8, 4) is 0 Å². The highest BCUT2D eigenvalue weighted by molar-refractivity contribution is 6.05. The molecule has 2 aliphatic rings. The number of rotatable bonds is 3. The molecule has 4 atom stereocenters. The van der Waals surface area contributed by atoms with Gasteiger partial charge in [-0.2, -0.15) is 0 Å². The summed E-state index contributed by atoms with van der Waals surface area (Å²) in [4.78, 5) is 23.3. The number of esters is 2. The number of fused-ring (bicyclic) bond motifs is 1. The van der Waals surface area contributed by atoms with Gasteiger partial charge in [0.15, 0.2) is 0 Å². The Labute approximate surface area is 98.8 Å². The summed E-state index contributed by atoms with van der Waals surface area (Å²) in [6, 6.07) is 0. The van der Waals surface area contributed by atoms with Crippen LogP contribution in [0.15, 0.2) is 0 Å². The van der Waals surface area contributed by atoms with Crippen LogP contribution < -0.4 is 0 Å². The summed E-state index contributed by atoms with van der Waals surface area (Å²) in [5.41, 5.74) is -2.20. The van der Waals surface area contributed by atoms with E-state index in [1.54, 1.807) is 6.92 Å². The molecule has 0 aromatic rings. The van der Waals surface area contributed by atoms with Gasteiger partial charge in [0.1, 0.15) is 0 Å². The molecule has 0 spiro atoms. The molecule has 0 radical (unpaired) electrons. The lowest BCUT2D eigenvalue weighted by atomic mass is 9.86. The maximum absolute atomic E-state index is 11.7. The lowest BCUT2D eigenvalue weighted by molar-refractivity contribution is -0.180. The Morgan fingerprint density at radius 3 is 2.88 bits per heavy atom. The van der Waals surface area contributed by atoms with Crippen LogP contribution >= 0.6 is 0 Å². The Morgan fingerprint density at radius 2 is 2.29 bits per heavy atom. The van der Waals surface area contributed by atoms with E-state index in [-0.39, 0.29) is 12.7 Å². The summed E-state index contributed by atoms with van der Waals surface area (Å²) < 4.78 is 15.0. The molecule has 1 N–H and O–H groups in total. The van der Waals surface area contributed by atoms with Gasteiger partial charge in [0.2, 0.25) is 6.29 Å². The lowest BCUT2D eigenvalue weighted by Crippen LogP contribution is -2.50. The zero-order chi connectivity index (χ0) is 12.6. The normalized spacial score (nSPS) is 39.9. The molecule has 0 bridgehead atoms. The minimum absolute atomic E-state index is 0.0981. The standard InChI is InChI=1S/C11H16O6/c1-3-6-5-7-8(16-6)17-10(13)11(7,14)9(12)15-4-2/h6-8,14H,3-5H2,1-2H3/t6-,7?,8?,11-/m1/s1. The number of carbonyl (C=O) groups excluding carboxylic acids is 2. The van der Waals surface area contributed by atoms with Crippen molar-refractivity contribution in [1.82, 2.24) is 0 Å². The lowest BCUT2D eigenvalue weighted by Gasteiger charge is -2.21. The first kappa shape index (κ1) is 12.3. The molecule has 0 aliphatic carbocycles. The molecule has 2 saturated heterocycles. The number of ether oxygens (including phenoxy) is 3. The second kappa shape index (κ2) is 4.27. The van der Waals surface area contributed by atoms with E-state index >= 15 is 0 Å². The maximum Gasteiger partial charge on any atom is 0.352 e. The number of aliphatic hydroxyl groups is 1. The van der Waals surface area contributed by atoms with Crippen LogP contribution in [-0.4, -0.2) is 41.6 Å². The molecule has 0 amide bonds. The Hall–Kier alpha value is -1.14. The quantitative estimate of drug-likeness (QED) is 0.555. The summed E-state index contributed by atoms with van der Waals surface area (Å²) in [6.45, 7) is 3.64. The van der Waals surface area contributed by atoms with Crippen molar-refractivity contribution in [2.75, 3.05) is 6.61 Å². The van der Waals surface area contributed by atoms with Crippen LogP contribution in [0.25, 0.3) is 0 Å². The van der Waals surface area contributed by atoms with E-state index in [0.717, 1.165) is 6.42 Å². The van der Waals surface area contributed by atoms with E-state index in [9.17, 15) is 14.7 Å². The number of hydrogen-bond donors (Lipinski definition) is 1. The zero-order valence-corrected chi connectivity index (χ0v) is 9.84. The highest BCUT2D eigenvalue weighted by Gasteiger charge is 2.66. The van der Waals surface area contributed by atoms with Gasteiger partial charge in [-0.1, -0.05) is 6.92 Å². The average Bonchev–Trinajstić information content (AvgIpc) is 2.80. The molecule has 0 aromatic heterocycles. The average molecular weight is 244 g/mol. The third-order valence-electron chi connectivity index (χ3n) is 3.28. The van der Waals surface area contributed by atoms with Gasteiger partial charge in [-0.25, -0.2) is 9.59 Å². The molecular weight excluding hydrogens is 228 g/mol. The molecule has 6 heteroatoms. The second-order valence-electron chi connectivity index (χ2n) is 4.27. The summed E-state index contributed by atoms with van der Waals surface area (Å²) in [5.74, 6) is -2.59. The van der Waals surface area contributed by atoms with Crippen molar-refractivity contribution in [3.05, 3.63) is 0 Å². The highest BCUT2D eigenvalue weighted by Crippen LogP contribution is 2.43. The topological polar surface area (TPSA) is 82.1 Å². The van der Waals surface area contributed by atoms with Gasteiger partial charge < -0.3 is 19.3 Å². The van der Waals surface area contributed by atoms with Gasteiger partial charge in [0.25, 0.3) is 5.60 Å². The van der Waals surface area contributed by atoms with Gasteiger partial charge in [-0.05, 0) is 19.8 Å². The van der Waals surface area contributed by atoms with Gasteiger partial charge >= 0.3 is 11.9 Å². The van der Waals surface area contributed by atoms with Crippen molar-refractivity contribution >= 4 is 11.9 Å². The first-order valence-corrected chi connectivity index (χ1v) is 5.80. The summed E-state index contributed by atoms with van der Waals surface area (Å²) in [7, 11) is 0. The van der Waals surface area contributed by atoms with Crippen LogP contribution in [0.4, 0.5) is 0 Å². The Bertz CT molecular complexity index is 341. The molecule has 6 nitrogen and oxygen atoms in total. The van der Waals surface area contributed by atoms with E-state index in [1.165, 1.54) is 0 Å². The Morgan fingerprint density at radius 1 is 1.59 bits per heavy atom. The van der Waals surface area contributed by atoms with E-state index in [0.29, 0.717) is 6.42 Å². The van der Waals surface area contributed by atoms with Crippen LogP contribution in [0.3, 0.4) is 0 Å². The van der Waals surface area contributed by atoms with Crippen molar-refractivity contribution in [1.29, 1.82) is 0 Å². The summed E-state index contributed by atoms with van der Waals surface area (Å²) in [5, 5.41) is 10.2. The molecule has 2 rings (SSSR count). The number of carbonyl (C=O) groups is 2. The largest absolute Gasteiger partial charge is 0.463 e. The van der Waals surface area contributed by atoms with Gasteiger partial charge in [-0.3, -0.25) is 0 Å². The van der Waals surface area contributed by atoms with Gasteiger partial charge in [0.05, 0.1) is 18.6 Å². The number of hydrogen-bond acceptors (Lipinski definition) is 6. The van der Waals surface area contributed by atoms with E-state index in [4.69, 9.17) is 14.2 Å². The van der Waals surface area contributed by atoms with Gasteiger partial charge in [-0.15, -0.1) is 0 Å². The fourth-order valence-corrected chi connectivity index (χ4v) is 2.30. The first-order valence-electron chi connectivity index (χ1n) is 5.80. The zero-order valence-electron chi connectivity index (χ0n) is 9.84.